The molecule has 2 aliphatic rings. The molecule has 3 aromatic carbocycles. The molecule has 0 spiro atoms. The molecule has 2 atom stereocenters. The number of hydrogen-bond acceptors (Lipinski definition) is 6. The quantitative estimate of drug-likeness (QED) is 0.208. The number of fused-ring (bicyclic) bond motifs is 2. The molecule has 11 heteroatoms. The lowest BCUT2D eigenvalue weighted by Gasteiger charge is -2.29. The van der Waals surface area contributed by atoms with Crippen LogP contribution in [0.3, 0.4) is 0 Å². The number of aromatic nitrogens is 1. The van der Waals surface area contributed by atoms with Crippen molar-refractivity contribution in [3.8, 4) is 0 Å². The van der Waals surface area contributed by atoms with Crippen LogP contribution in [0.2, 0.25) is 0 Å². The summed E-state index contributed by atoms with van der Waals surface area (Å²) in [6, 6.07) is 19.7. The lowest BCUT2D eigenvalue weighted by Crippen LogP contribution is -2.52. The second kappa shape index (κ2) is 12.3. The summed E-state index contributed by atoms with van der Waals surface area (Å²) in [6.45, 7) is 0.852. The van der Waals surface area contributed by atoms with Gasteiger partial charge in [0, 0.05) is 48.8 Å². The predicted molar refractivity (Wildman–Crippen MR) is 167 cm³/mol. The van der Waals surface area contributed by atoms with Gasteiger partial charge in [-0.3, -0.25) is 34.3 Å². The fourth-order valence-corrected chi connectivity index (χ4v) is 6.06. The maximum absolute atomic E-state index is 13.0. The Labute approximate surface area is 255 Å². The largest absolute Gasteiger partial charge is 0.352 e. The monoisotopic (exact) mass is 607 g/mol. The average Bonchev–Trinajstić information content (AvgIpc) is 3.34. The van der Waals surface area contributed by atoms with Gasteiger partial charge in [-0.2, -0.15) is 0 Å². The third kappa shape index (κ3) is 6.07. The minimum Gasteiger partial charge on any atom is -0.352 e. The van der Waals surface area contributed by atoms with E-state index in [9.17, 15) is 24.0 Å². The standard InChI is InChI=1S/C33H30N5O5P/c39-29-10-9-27(32(42)37-29)38-18-23-14-21(7-8-25(23)33(38)43)31(41)36-17-22-6-5-19(13-28(22)44)16-35-30(40)15-26-24-4-2-1-3-20(24)11-12-34-26/h1-8,11-14,27H,9-10,15-18,44H2,(H,35,40)(H,36,41)(H,37,39,42). The van der Waals surface area contributed by atoms with E-state index in [4.69, 9.17) is 0 Å². The first kappa shape index (κ1) is 29.1. The molecule has 5 amide bonds. The van der Waals surface area contributed by atoms with Crippen molar-refractivity contribution in [3.63, 3.8) is 0 Å². The summed E-state index contributed by atoms with van der Waals surface area (Å²) in [5.41, 5.74) is 4.09. The molecular weight excluding hydrogens is 577 g/mol. The van der Waals surface area contributed by atoms with Crippen LogP contribution >= 0.6 is 9.24 Å². The van der Waals surface area contributed by atoms with Crippen LogP contribution in [0.4, 0.5) is 0 Å². The van der Waals surface area contributed by atoms with Crippen molar-refractivity contribution in [1.29, 1.82) is 0 Å². The van der Waals surface area contributed by atoms with Gasteiger partial charge in [0.1, 0.15) is 6.04 Å². The van der Waals surface area contributed by atoms with Gasteiger partial charge in [0.15, 0.2) is 0 Å². The highest BCUT2D eigenvalue weighted by molar-refractivity contribution is 7.27. The van der Waals surface area contributed by atoms with Gasteiger partial charge in [0.2, 0.25) is 17.7 Å². The maximum Gasteiger partial charge on any atom is 0.255 e. The molecule has 3 N–H and O–H groups in total. The zero-order valence-electron chi connectivity index (χ0n) is 23.8. The van der Waals surface area contributed by atoms with E-state index >= 15 is 0 Å². The van der Waals surface area contributed by atoms with Crippen molar-refractivity contribution in [2.75, 3.05) is 0 Å². The number of hydrogen-bond donors (Lipinski definition) is 3. The van der Waals surface area contributed by atoms with Crippen LogP contribution in [0.25, 0.3) is 10.8 Å². The average molecular weight is 608 g/mol. The van der Waals surface area contributed by atoms with E-state index in [2.05, 4.69) is 30.2 Å². The van der Waals surface area contributed by atoms with Crippen LogP contribution in [0.5, 0.6) is 0 Å². The van der Waals surface area contributed by atoms with Crippen LogP contribution < -0.4 is 21.3 Å². The highest BCUT2D eigenvalue weighted by Gasteiger charge is 2.39. The molecule has 2 unspecified atom stereocenters. The fraction of sp³-hybridized carbons (Fsp3) is 0.212. The summed E-state index contributed by atoms with van der Waals surface area (Å²) >= 11 is 0. The van der Waals surface area contributed by atoms with Gasteiger partial charge < -0.3 is 15.5 Å². The van der Waals surface area contributed by atoms with Crippen LogP contribution in [-0.4, -0.2) is 45.5 Å². The lowest BCUT2D eigenvalue weighted by atomic mass is 10.0. The van der Waals surface area contributed by atoms with Crippen molar-refractivity contribution in [2.24, 2.45) is 0 Å². The first-order valence-corrected chi connectivity index (χ1v) is 14.9. The maximum atomic E-state index is 13.0. The Morgan fingerprint density at radius 2 is 1.82 bits per heavy atom. The normalized spacial score (nSPS) is 16.1. The topological polar surface area (TPSA) is 138 Å². The molecule has 1 fully saturated rings. The van der Waals surface area contributed by atoms with Crippen LogP contribution in [0.15, 0.2) is 72.9 Å². The van der Waals surface area contributed by atoms with Crippen molar-refractivity contribution < 1.29 is 24.0 Å². The molecule has 0 saturated carbocycles. The number of carbonyl (C=O) groups excluding carboxylic acids is 5. The summed E-state index contributed by atoms with van der Waals surface area (Å²) in [7, 11) is 2.67. The number of pyridine rings is 1. The highest BCUT2D eigenvalue weighted by atomic mass is 31.0. The van der Waals surface area contributed by atoms with Crippen LogP contribution in [-0.2, 0) is 40.4 Å². The third-order valence-electron chi connectivity index (χ3n) is 8.01. The lowest BCUT2D eigenvalue weighted by molar-refractivity contribution is -0.137. The van der Waals surface area contributed by atoms with Crippen LogP contribution in [0.1, 0.15) is 55.9 Å². The molecule has 0 aliphatic carbocycles. The number of imide groups is 1. The van der Waals surface area contributed by atoms with Crippen molar-refractivity contribution in [2.45, 2.75) is 44.9 Å². The number of carbonyl (C=O) groups is 5. The van der Waals surface area contributed by atoms with Crippen molar-refractivity contribution in [3.05, 3.63) is 106 Å². The molecule has 0 radical (unpaired) electrons. The molecule has 1 aromatic heterocycles. The first-order valence-electron chi connectivity index (χ1n) is 14.3. The molecule has 3 heterocycles. The second-order valence-corrected chi connectivity index (χ2v) is 11.5. The van der Waals surface area contributed by atoms with E-state index < -0.39 is 11.9 Å². The molecule has 1 saturated heterocycles. The van der Waals surface area contributed by atoms with Gasteiger partial charge in [-0.1, -0.05) is 36.4 Å². The van der Waals surface area contributed by atoms with Crippen molar-refractivity contribution >= 4 is 54.9 Å². The number of rotatable bonds is 8. The molecule has 222 valence electrons. The summed E-state index contributed by atoms with van der Waals surface area (Å²) in [4.78, 5) is 68.2. The summed E-state index contributed by atoms with van der Waals surface area (Å²) in [6.07, 6.45) is 2.36. The Bertz CT molecular complexity index is 1840. The van der Waals surface area contributed by atoms with E-state index in [-0.39, 0.29) is 56.0 Å². The third-order valence-corrected chi connectivity index (χ3v) is 8.55. The zero-order chi connectivity index (χ0) is 30.8. The van der Waals surface area contributed by atoms with Gasteiger partial charge in [-0.05, 0) is 64.1 Å². The summed E-state index contributed by atoms with van der Waals surface area (Å²) < 4.78 is 0. The molecule has 4 aromatic rings. The Kier molecular flexibility index (Phi) is 8.17. The SMILES string of the molecule is O=C(Cc1nccc2ccccc12)NCc1ccc(CNC(=O)c2ccc3c(c2)CN(C2CCC(=O)NC2=O)C3=O)c(P)c1. The van der Waals surface area contributed by atoms with Crippen molar-refractivity contribution in [1.82, 2.24) is 25.8 Å². The minimum atomic E-state index is -0.706. The number of benzene rings is 3. The van der Waals surface area contributed by atoms with E-state index in [1.165, 1.54) is 4.90 Å². The zero-order valence-corrected chi connectivity index (χ0v) is 24.9. The van der Waals surface area contributed by atoms with Gasteiger partial charge in [-0.15, -0.1) is 9.24 Å². The summed E-state index contributed by atoms with van der Waals surface area (Å²) in [5, 5.41) is 11.1. The fourth-order valence-electron chi connectivity index (χ4n) is 5.65. The Hall–Kier alpha value is -4.95. The van der Waals surface area contributed by atoms with Gasteiger partial charge >= 0.3 is 0 Å². The van der Waals surface area contributed by atoms with E-state index in [0.717, 1.165) is 32.9 Å². The second-order valence-electron chi connectivity index (χ2n) is 10.9. The summed E-state index contributed by atoms with van der Waals surface area (Å²) in [5.74, 6) is -1.50. The molecule has 6 rings (SSSR count). The Morgan fingerprint density at radius 1 is 0.977 bits per heavy atom. The van der Waals surface area contributed by atoms with E-state index in [1.54, 1.807) is 24.4 Å². The van der Waals surface area contributed by atoms with Gasteiger partial charge in [-0.25, -0.2) is 0 Å². The first-order chi connectivity index (χ1) is 21.3. The molecule has 44 heavy (non-hydrogen) atoms. The number of nitrogens with one attached hydrogen (secondary N) is 3. The smallest absolute Gasteiger partial charge is 0.255 e. The number of nitrogens with zero attached hydrogens (tertiary/aromatic N) is 2. The van der Waals surface area contributed by atoms with Gasteiger partial charge in [0.25, 0.3) is 11.8 Å². The van der Waals surface area contributed by atoms with Crippen LogP contribution in [0, 0.1) is 0 Å². The van der Waals surface area contributed by atoms with E-state index in [0.29, 0.717) is 23.2 Å². The van der Waals surface area contributed by atoms with E-state index in [1.807, 2.05) is 48.5 Å². The number of piperidine rings is 1. The Morgan fingerprint density at radius 3 is 2.64 bits per heavy atom. The predicted octanol–water partition coefficient (Wildman–Crippen LogP) is 2.29. The Balaban J connectivity index is 1.03. The highest BCUT2D eigenvalue weighted by Crippen LogP contribution is 2.28. The minimum absolute atomic E-state index is 0.119. The molecule has 2 aliphatic heterocycles. The molecule has 0 bridgehead atoms. The number of amides is 5. The van der Waals surface area contributed by atoms with Gasteiger partial charge in [0.05, 0.1) is 12.1 Å². The molecular formula is C33H30N5O5P. The molecule has 10 nitrogen and oxygen atoms in total.